The molecule has 0 aromatic heterocycles. The van der Waals surface area contributed by atoms with E-state index in [2.05, 4.69) is 13.8 Å². The maximum Gasteiger partial charge on any atom is 0.417 e. The molecule has 4 rings (SSSR count). The molecule has 2 atom stereocenters. The normalized spacial score (nSPS) is 16.4. The number of cyclic esters (lactones) is 1. The van der Waals surface area contributed by atoms with Gasteiger partial charge in [0.15, 0.2) is 0 Å². The molecule has 0 spiro atoms. The molecule has 1 saturated heterocycles. The molecule has 3 aromatic carbocycles. The van der Waals surface area contributed by atoms with Gasteiger partial charge in [-0.2, -0.15) is 0 Å². The second kappa shape index (κ2) is 10.6. The summed E-state index contributed by atoms with van der Waals surface area (Å²) in [6, 6.07) is 25.4. The molecule has 176 valence electrons. The largest absolute Gasteiger partial charge is 0.488 e. The second-order valence-corrected chi connectivity index (χ2v) is 9.04. The monoisotopic (exact) mass is 457 g/mol. The number of carbonyl (C=O) groups is 2. The summed E-state index contributed by atoms with van der Waals surface area (Å²) in [4.78, 5) is 27.5. The highest BCUT2D eigenvalue weighted by atomic mass is 16.6. The minimum atomic E-state index is -0.579. The van der Waals surface area contributed by atoms with E-state index < -0.39 is 12.0 Å². The van der Waals surface area contributed by atoms with Crippen LogP contribution < -0.4 is 4.74 Å². The van der Waals surface area contributed by atoms with Gasteiger partial charge in [-0.1, -0.05) is 92.7 Å². The summed E-state index contributed by atoms with van der Waals surface area (Å²) in [5, 5.41) is 0. The first kappa shape index (κ1) is 23.6. The van der Waals surface area contributed by atoms with E-state index in [0.717, 1.165) is 28.0 Å². The standard InChI is InChI=1S/C29H31NO4/c1-20(2)25-15-10-16-26(27(25)33-18-23-13-8-5-9-14-23)21(3)28(31)30-24(19-34-29(30)32)17-22-11-6-4-7-12-22/h4-16,20-21,24H,17-19H2,1-3H3/t21-,24-/m0/s1. The zero-order valence-corrected chi connectivity index (χ0v) is 19.9. The van der Waals surface area contributed by atoms with Crippen molar-refractivity contribution in [2.45, 2.75) is 51.7 Å². The van der Waals surface area contributed by atoms with Crippen LogP contribution >= 0.6 is 0 Å². The molecule has 0 radical (unpaired) electrons. The van der Waals surface area contributed by atoms with E-state index in [0.29, 0.717) is 13.0 Å². The predicted octanol–water partition coefficient (Wildman–Crippen LogP) is 6.08. The van der Waals surface area contributed by atoms with Gasteiger partial charge in [0.25, 0.3) is 0 Å². The molecule has 0 saturated carbocycles. The minimum absolute atomic E-state index is 0.204. The lowest BCUT2D eigenvalue weighted by atomic mass is 9.91. The van der Waals surface area contributed by atoms with Crippen molar-refractivity contribution in [3.8, 4) is 5.75 Å². The number of para-hydroxylation sites is 1. The summed E-state index contributed by atoms with van der Waals surface area (Å²) in [7, 11) is 0. The van der Waals surface area contributed by atoms with Gasteiger partial charge in [-0.3, -0.25) is 4.79 Å². The molecule has 0 bridgehead atoms. The summed E-state index contributed by atoms with van der Waals surface area (Å²) < 4.78 is 11.6. The van der Waals surface area contributed by atoms with Crippen LogP contribution in [0.2, 0.25) is 0 Å². The number of imide groups is 1. The summed E-state index contributed by atoms with van der Waals surface area (Å²) in [5.74, 6) is 0.104. The SMILES string of the molecule is CC(C)c1cccc([C@H](C)C(=O)N2C(=O)OC[C@@H]2Cc2ccccc2)c1OCc1ccccc1. The number of rotatable bonds is 8. The summed E-state index contributed by atoms with van der Waals surface area (Å²) in [6.45, 7) is 6.65. The highest BCUT2D eigenvalue weighted by Gasteiger charge is 2.40. The Morgan fingerprint density at radius 3 is 2.18 bits per heavy atom. The van der Waals surface area contributed by atoms with E-state index in [1.54, 1.807) is 0 Å². The fourth-order valence-electron chi connectivity index (χ4n) is 4.37. The molecule has 1 aliphatic heterocycles. The quantitative estimate of drug-likeness (QED) is 0.411. The van der Waals surface area contributed by atoms with E-state index in [9.17, 15) is 9.59 Å². The maximum absolute atomic E-state index is 13.6. The minimum Gasteiger partial charge on any atom is -0.488 e. The summed E-state index contributed by atoms with van der Waals surface area (Å²) in [5.41, 5.74) is 3.94. The van der Waals surface area contributed by atoms with E-state index >= 15 is 0 Å². The van der Waals surface area contributed by atoms with Crippen molar-refractivity contribution >= 4 is 12.0 Å². The molecule has 5 nitrogen and oxygen atoms in total. The van der Waals surface area contributed by atoms with Crippen molar-refractivity contribution < 1.29 is 19.1 Å². The number of carbonyl (C=O) groups excluding carboxylic acids is 2. The van der Waals surface area contributed by atoms with Gasteiger partial charge in [-0.25, -0.2) is 9.69 Å². The molecule has 2 amide bonds. The zero-order valence-electron chi connectivity index (χ0n) is 19.9. The van der Waals surface area contributed by atoms with Crippen LogP contribution in [0.5, 0.6) is 5.75 Å². The first-order valence-electron chi connectivity index (χ1n) is 11.8. The Labute approximate surface area is 201 Å². The lowest BCUT2D eigenvalue weighted by Gasteiger charge is -2.26. The first-order chi connectivity index (χ1) is 16.5. The molecule has 5 heteroatoms. The van der Waals surface area contributed by atoms with E-state index in [1.165, 1.54) is 4.90 Å². The molecular formula is C29H31NO4. The zero-order chi connectivity index (χ0) is 24.1. The lowest BCUT2D eigenvalue weighted by Crippen LogP contribution is -2.42. The van der Waals surface area contributed by atoms with E-state index in [1.807, 2.05) is 85.8 Å². The Kier molecular flexibility index (Phi) is 7.31. The van der Waals surface area contributed by atoms with Gasteiger partial charge in [-0.05, 0) is 36.0 Å². The van der Waals surface area contributed by atoms with Crippen molar-refractivity contribution in [3.63, 3.8) is 0 Å². The third-order valence-corrected chi connectivity index (χ3v) is 6.27. The Hall–Kier alpha value is -3.60. The van der Waals surface area contributed by atoms with Gasteiger partial charge in [0.05, 0.1) is 12.0 Å². The number of ether oxygens (including phenoxy) is 2. The van der Waals surface area contributed by atoms with Crippen molar-refractivity contribution in [3.05, 3.63) is 101 Å². The molecule has 1 aliphatic rings. The van der Waals surface area contributed by atoms with Crippen LogP contribution in [0.4, 0.5) is 4.79 Å². The summed E-state index contributed by atoms with van der Waals surface area (Å²) >= 11 is 0. The molecular weight excluding hydrogens is 426 g/mol. The van der Waals surface area contributed by atoms with Crippen molar-refractivity contribution in [2.24, 2.45) is 0 Å². The predicted molar refractivity (Wildman–Crippen MR) is 132 cm³/mol. The summed E-state index contributed by atoms with van der Waals surface area (Å²) in [6.07, 6.45) is -0.0152. The Balaban J connectivity index is 1.60. The van der Waals surface area contributed by atoms with Crippen LogP contribution in [0, 0.1) is 0 Å². The van der Waals surface area contributed by atoms with Crippen molar-refractivity contribution in [1.82, 2.24) is 4.90 Å². The fourth-order valence-corrected chi connectivity index (χ4v) is 4.37. The lowest BCUT2D eigenvalue weighted by molar-refractivity contribution is -0.130. The first-order valence-corrected chi connectivity index (χ1v) is 11.8. The number of hydrogen-bond donors (Lipinski definition) is 0. The number of nitrogens with zero attached hydrogens (tertiary/aromatic N) is 1. The Morgan fingerprint density at radius 1 is 0.912 bits per heavy atom. The average molecular weight is 458 g/mol. The van der Waals surface area contributed by atoms with E-state index in [-0.39, 0.29) is 24.5 Å². The van der Waals surface area contributed by atoms with Crippen LogP contribution in [0.1, 0.15) is 54.9 Å². The van der Waals surface area contributed by atoms with Crippen LogP contribution in [0.15, 0.2) is 78.9 Å². The van der Waals surface area contributed by atoms with Crippen LogP contribution in [-0.4, -0.2) is 29.5 Å². The molecule has 34 heavy (non-hydrogen) atoms. The number of hydrogen-bond acceptors (Lipinski definition) is 4. The van der Waals surface area contributed by atoms with Crippen LogP contribution in [0.3, 0.4) is 0 Å². The molecule has 0 unspecified atom stereocenters. The van der Waals surface area contributed by atoms with Gasteiger partial charge in [-0.15, -0.1) is 0 Å². The van der Waals surface area contributed by atoms with Crippen molar-refractivity contribution in [2.75, 3.05) is 6.61 Å². The molecule has 3 aromatic rings. The van der Waals surface area contributed by atoms with Crippen LogP contribution in [0.25, 0.3) is 0 Å². The highest BCUT2D eigenvalue weighted by Crippen LogP contribution is 2.37. The number of amides is 2. The highest BCUT2D eigenvalue weighted by molar-refractivity contribution is 5.97. The van der Waals surface area contributed by atoms with Crippen LogP contribution in [-0.2, 0) is 22.6 Å². The molecule has 0 aliphatic carbocycles. The van der Waals surface area contributed by atoms with Crippen molar-refractivity contribution in [1.29, 1.82) is 0 Å². The maximum atomic E-state index is 13.6. The van der Waals surface area contributed by atoms with Gasteiger partial charge in [0, 0.05) is 5.56 Å². The molecule has 1 heterocycles. The average Bonchev–Trinajstić information content (AvgIpc) is 3.22. The topological polar surface area (TPSA) is 55.8 Å². The van der Waals surface area contributed by atoms with E-state index in [4.69, 9.17) is 9.47 Å². The van der Waals surface area contributed by atoms with Gasteiger partial charge in [0.1, 0.15) is 19.0 Å². The third kappa shape index (κ3) is 5.14. The number of benzene rings is 3. The second-order valence-electron chi connectivity index (χ2n) is 9.04. The third-order valence-electron chi connectivity index (χ3n) is 6.27. The fraction of sp³-hybridized carbons (Fsp3) is 0.310. The Bertz CT molecular complexity index is 1130. The van der Waals surface area contributed by atoms with Gasteiger partial charge < -0.3 is 9.47 Å². The Morgan fingerprint density at radius 2 is 1.53 bits per heavy atom. The smallest absolute Gasteiger partial charge is 0.417 e. The van der Waals surface area contributed by atoms with Gasteiger partial charge in [0.2, 0.25) is 5.91 Å². The van der Waals surface area contributed by atoms with Gasteiger partial charge >= 0.3 is 6.09 Å². The molecule has 0 N–H and O–H groups in total. The molecule has 1 fully saturated rings.